The van der Waals surface area contributed by atoms with Crippen LogP contribution in [-0.4, -0.2) is 32.8 Å². The molecule has 0 spiro atoms. The quantitative estimate of drug-likeness (QED) is 0.666. The van der Waals surface area contributed by atoms with Crippen molar-refractivity contribution < 1.29 is 4.39 Å². The van der Waals surface area contributed by atoms with E-state index in [1.807, 2.05) is 24.0 Å². The fourth-order valence-electron chi connectivity index (χ4n) is 4.13. The molecule has 1 fully saturated rings. The molecule has 0 unspecified atom stereocenters. The standard InChI is InChI=1S/C23H27FN4/c1-17-12-19(13-18-4-3-5-21(24)14-18)15-23(26-17)20-7-10-28(11-8-20)16-22-6-9-25-27(22)2/h3-6,9,12,14-15,20H,7-8,10-11,13,16H2,1-2H3. The molecule has 2 aromatic heterocycles. The zero-order valence-electron chi connectivity index (χ0n) is 16.6. The van der Waals surface area contributed by atoms with Crippen LogP contribution in [0, 0.1) is 12.7 Å². The summed E-state index contributed by atoms with van der Waals surface area (Å²) in [5.41, 5.74) is 5.70. The number of aryl methyl sites for hydroxylation is 2. The van der Waals surface area contributed by atoms with Crippen LogP contribution in [0.2, 0.25) is 0 Å². The second-order valence-corrected chi connectivity index (χ2v) is 7.84. The number of piperidine rings is 1. The van der Waals surface area contributed by atoms with Crippen molar-refractivity contribution in [3.05, 3.63) is 82.7 Å². The van der Waals surface area contributed by atoms with Crippen molar-refractivity contribution >= 4 is 0 Å². The van der Waals surface area contributed by atoms with Crippen LogP contribution in [0.15, 0.2) is 48.7 Å². The highest BCUT2D eigenvalue weighted by Crippen LogP contribution is 2.29. The number of likely N-dealkylation sites (tertiary alicyclic amines) is 1. The third kappa shape index (κ3) is 4.47. The second kappa shape index (κ2) is 8.23. The molecule has 3 aromatic rings. The highest BCUT2D eigenvalue weighted by molar-refractivity contribution is 5.30. The van der Waals surface area contributed by atoms with Crippen molar-refractivity contribution in [3.8, 4) is 0 Å². The molecule has 1 aromatic carbocycles. The first kappa shape index (κ1) is 18.8. The number of pyridine rings is 1. The van der Waals surface area contributed by atoms with Crippen LogP contribution in [0.5, 0.6) is 0 Å². The van der Waals surface area contributed by atoms with Gasteiger partial charge < -0.3 is 0 Å². The van der Waals surface area contributed by atoms with Gasteiger partial charge in [0.05, 0.1) is 5.69 Å². The molecule has 0 N–H and O–H groups in total. The van der Waals surface area contributed by atoms with Gasteiger partial charge in [0.2, 0.25) is 0 Å². The largest absolute Gasteiger partial charge is 0.297 e. The SMILES string of the molecule is Cc1cc(Cc2cccc(F)c2)cc(C2CCN(Cc3ccnn3C)CC2)n1. The zero-order valence-corrected chi connectivity index (χ0v) is 16.6. The maximum absolute atomic E-state index is 13.5. The van der Waals surface area contributed by atoms with E-state index in [0.29, 0.717) is 5.92 Å². The minimum Gasteiger partial charge on any atom is -0.297 e. The number of benzene rings is 1. The molecule has 0 atom stereocenters. The topological polar surface area (TPSA) is 34.0 Å². The first-order valence-corrected chi connectivity index (χ1v) is 9.98. The van der Waals surface area contributed by atoms with E-state index in [9.17, 15) is 4.39 Å². The van der Waals surface area contributed by atoms with E-state index in [4.69, 9.17) is 4.98 Å². The van der Waals surface area contributed by atoms with Crippen LogP contribution in [0.1, 0.15) is 47.0 Å². The van der Waals surface area contributed by atoms with E-state index < -0.39 is 0 Å². The molecule has 28 heavy (non-hydrogen) atoms. The van der Waals surface area contributed by atoms with Crippen LogP contribution in [0.25, 0.3) is 0 Å². The lowest BCUT2D eigenvalue weighted by molar-refractivity contribution is 0.199. The van der Waals surface area contributed by atoms with Gasteiger partial charge in [-0.05, 0) is 80.7 Å². The fraction of sp³-hybridized carbons (Fsp3) is 0.391. The molecule has 1 saturated heterocycles. The molecule has 3 heterocycles. The molecule has 0 radical (unpaired) electrons. The summed E-state index contributed by atoms with van der Waals surface area (Å²) in [6.45, 7) is 5.15. The lowest BCUT2D eigenvalue weighted by Gasteiger charge is -2.31. The number of hydrogen-bond donors (Lipinski definition) is 0. The zero-order chi connectivity index (χ0) is 19.5. The molecular weight excluding hydrogens is 351 g/mol. The summed E-state index contributed by atoms with van der Waals surface area (Å²) in [5.74, 6) is 0.318. The number of hydrogen-bond acceptors (Lipinski definition) is 3. The number of halogens is 1. The molecular formula is C23H27FN4. The summed E-state index contributed by atoms with van der Waals surface area (Å²) >= 11 is 0. The van der Waals surface area contributed by atoms with Gasteiger partial charge in [-0.3, -0.25) is 14.6 Å². The van der Waals surface area contributed by atoms with E-state index in [2.05, 4.69) is 35.1 Å². The summed E-state index contributed by atoms with van der Waals surface area (Å²) in [7, 11) is 2.00. The van der Waals surface area contributed by atoms with Crippen molar-refractivity contribution in [1.29, 1.82) is 0 Å². The minimum absolute atomic E-state index is 0.177. The third-order valence-corrected chi connectivity index (χ3v) is 5.64. The van der Waals surface area contributed by atoms with Gasteiger partial charge in [-0.25, -0.2) is 4.39 Å². The third-order valence-electron chi connectivity index (χ3n) is 5.64. The maximum Gasteiger partial charge on any atom is 0.123 e. The molecule has 1 aliphatic heterocycles. The Labute approximate surface area is 166 Å². The first-order chi connectivity index (χ1) is 13.6. The average molecular weight is 378 g/mol. The Hall–Kier alpha value is -2.53. The first-order valence-electron chi connectivity index (χ1n) is 9.98. The van der Waals surface area contributed by atoms with E-state index >= 15 is 0 Å². The van der Waals surface area contributed by atoms with Crippen molar-refractivity contribution in [2.24, 2.45) is 7.05 Å². The van der Waals surface area contributed by atoms with Crippen LogP contribution in [0.4, 0.5) is 4.39 Å². The number of nitrogens with zero attached hydrogens (tertiary/aromatic N) is 4. The summed E-state index contributed by atoms with van der Waals surface area (Å²) in [5, 5.41) is 4.26. The predicted octanol–water partition coefficient (Wildman–Crippen LogP) is 4.23. The summed E-state index contributed by atoms with van der Waals surface area (Å²) in [6.07, 6.45) is 4.84. The Morgan fingerprint density at radius 3 is 2.61 bits per heavy atom. The molecule has 4 nitrogen and oxygen atoms in total. The molecule has 146 valence electrons. The van der Waals surface area contributed by atoms with Gasteiger partial charge in [0.1, 0.15) is 5.82 Å². The van der Waals surface area contributed by atoms with Crippen LogP contribution < -0.4 is 0 Å². The maximum atomic E-state index is 13.5. The van der Waals surface area contributed by atoms with E-state index in [-0.39, 0.29) is 5.82 Å². The second-order valence-electron chi connectivity index (χ2n) is 7.84. The Morgan fingerprint density at radius 2 is 1.89 bits per heavy atom. The van der Waals surface area contributed by atoms with Gasteiger partial charge in [-0.2, -0.15) is 5.10 Å². The number of rotatable bonds is 5. The number of aromatic nitrogens is 3. The summed E-state index contributed by atoms with van der Waals surface area (Å²) < 4.78 is 15.4. The molecule has 0 amide bonds. The van der Waals surface area contributed by atoms with Gasteiger partial charge in [0, 0.05) is 37.1 Å². The summed E-state index contributed by atoms with van der Waals surface area (Å²) in [4.78, 5) is 7.32. The fourth-order valence-corrected chi connectivity index (χ4v) is 4.13. The monoisotopic (exact) mass is 378 g/mol. The highest BCUT2D eigenvalue weighted by Gasteiger charge is 2.22. The van der Waals surface area contributed by atoms with E-state index in [1.54, 1.807) is 12.1 Å². The molecule has 0 aliphatic carbocycles. The molecule has 1 aliphatic rings. The van der Waals surface area contributed by atoms with Gasteiger partial charge in [-0.15, -0.1) is 0 Å². The summed E-state index contributed by atoms with van der Waals surface area (Å²) in [6, 6.07) is 13.3. The van der Waals surface area contributed by atoms with Gasteiger partial charge in [0.25, 0.3) is 0 Å². The van der Waals surface area contributed by atoms with Crippen molar-refractivity contribution in [3.63, 3.8) is 0 Å². The lowest BCUT2D eigenvalue weighted by atomic mass is 9.91. The Bertz CT molecular complexity index is 941. The smallest absolute Gasteiger partial charge is 0.123 e. The van der Waals surface area contributed by atoms with Crippen molar-refractivity contribution in [2.45, 2.75) is 38.6 Å². The van der Waals surface area contributed by atoms with Crippen LogP contribution >= 0.6 is 0 Å². The van der Waals surface area contributed by atoms with E-state index in [0.717, 1.165) is 50.2 Å². The molecule has 0 saturated carbocycles. The lowest BCUT2D eigenvalue weighted by Crippen LogP contribution is -2.33. The van der Waals surface area contributed by atoms with Gasteiger partial charge in [-0.1, -0.05) is 12.1 Å². The minimum atomic E-state index is -0.177. The predicted molar refractivity (Wildman–Crippen MR) is 109 cm³/mol. The van der Waals surface area contributed by atoms with E-state index in [1.165, 1.54) is 23.0 Å². The molecule has 0 bridgehead atoms. The van der Waals surface area contributed by atoms with Crippen molar-refractivity contribution in [1.82, 2.24) is 19.7 Å². The van der Waals surface area contributed by atoms with Gasteiger partial charge >= 0.3 is 0 Å². The van der Waals surface area contributed by atoms with Crippen LogP contribution in [-0.2, 0) is 20.0 Å². The highest BCUT2D eigenvalue weighted by atomic mass is 19.1. The van der Waals surface area contributed by atoms with Gasteiger partial charge in [0.15, 0.2) is 0 Å². The van der Waals surface area contributed by atoms with Crippen LogP contribution in [0.3, 0.4) is 0 Å². The Balaban J connectivity index is 1.42. The molecule has 4 rings (SSSR count). The van der Waals surface area contributed by atoms with Crippen molar-refractivity contribution in [2.75, 3.05) is 13.1 Å². The molecule has 5 heteroatoms. The Morgan fingerprint density at radius 1 is 1.07 bits per heavy atom. The normalized spacial score (nSPS) is 15.8. The average Bonchev–Trinajstić information content (AvgIpc) is 3.06. The Kier molecular flexibility index (Phi) is 5.53.